The first-order chi connectivity index (χ1) is 9.83. The van der Waals surface area contributed by atoms with Crippen molar-refractivity contribution in [2.75, 3.05) is 31.1 Å². The highest BCUT2D eigenvalue weighted by atomic mass is 32.2. The van der Waals surface area contributed by atoms with Crippen LogP contribution in [0.4, 0.5) is 0 Å². The molecule has 0 saturated carbocycles. The number of amides is 1. The van der Waals surface area contributed by atoms with Crippen LogP contribution in [-0.4, -0.2) is 41.6 Å². The summed E-state index contributed by atoms with van der Waals surface area (Å²) in [4.78, 5) is 12.2. The summed E-state index contributed by atoms with van der Waals surface area (Å²) in [5, 5.41) is 6.31. The Labute approximate surface area is 124 Å². The number of hydrogen-bond acceptors (Lipinski definition) is 3. The van der Waals surface area contributed by atoms with Gasteiger partial charge < -0.3 is 15.2 Å². The molecule has 108 valence electrons. The minimum absolute atomic E-state index is 0.00911. The largest absolute Gasteiger partial charge is 0.350 e. The molecule has 2 N–H and O–H groups in total. The normalized spacial score (nSPS) is 15.8. The molecule has 1 fully saturated rings. The van der Waals surface area contributed by atoms with Crippen LogP contribution in [0.25, 0.3) is 0 Å². The van der Waals surface area contributed by atoms with Crippen molar-refractivity contribution in [3.05, 3.63) is 24.0 Å². The van der Waals surface area contributed by atoms with Gasteiger partial charge in [-0.15, -0.1) is 18.2 Å². The van der Waals surface area contributed by atoms with Crippen LogP contribution < -0.4 is 10.6 Å². The van der Waals surface area contributed by atoms with Crippen LogP contribution in [0, 0.1) is 12.3 Å². The smallest absolute Gasteiger partial charge is 0.267 e. The van der Waals surface area contributed by atoms with Gasteiger partial charge in [0, 0.05) is 24.5 Å². The molecule has 0 atom stereocenters. The van der Waals surface area contributed by atoms with Crippen molar-refractivity contribution in [1.29, 1.82) is 0 Å². The van der Waals surface area contributed by atoms with E-state index in [1.165, 1.54) is 0 Å². The lowest BCUT2D eigenvalue weighted by atomic mass is 10.1. The van der Waals surface area contributed by atoms with Gasteiger partial charge in [-0.25, -0.2) is 0 Å². The fourth-order valence-corrected chi connectivity index (χ4v) is 2.96. The molecule has 2 rings (SSSR count). The van der Waals surface area contributed by atoms with Gasteiger partial charge in [0.1, 0.15) is 5.69 Å². The predicted molar refractivity (Wildman–Crippen MR) is 84.1 cm³/mol. The highest BCUT2D eigenvalue weighted by Crippen LogP contribution is 2.21. The Hall–Kier alpha value is -1.38. The Balaban J connectivity index is 1.87. The molecule has 0 bridgehead atoms. The fourth-order valence-electron chi connectivity index (χ4n) is 2.45. The van der Waals surface area contributed by atoms with E-state index in [0.29, 0.717) is 18.3 Å². The first-order valence-electron chi connectivity index (χ1n) is 7.00. The molecular formula is C15H21N3OS. The number of piperidine rings is 1. The zero-order valence-corrected chi connectivity index (χ0v) is 12.4. The third-order valence-corrected chi connectivity index (χ3v) is 4.29. The molecule has 1 aliphatic rings. The van der Waals surface area contributed by atoms with Crippen molar-refractivity contribution < 1.29 is 4.79 Å². The third-order valence-electron chi connectivity index (χ3n) is 3.43. The molecular weight excluding hydrogens is 270 g/mol. The summed E-state index contributed by atoms with van der Waals surface area (Å²) in [5.74, 6) is 4.13. The lowest BCUT2D eigenvalue weighted by Crippen LogP contribution is -2.33. The summed E-state index contributed by atoms with van der Waals surface area (Å²) in [6, 6.07) is 4.28. The maximum absolute atomic E-state index is 12.2. The van der Waals surface area contributed by atoms with E-state index >= 15 is 0 Å². The summed E-state index contributed by atoms with van der Waals surface area (Å²) in [7, 11) is 0. The molecule has 1 amide bonds. The van der Waals surface area contributed by atoms with E-state index in [4.69, 9.17) is 6.42 Å². The summed E-state index contributed by atoms with van der Waals surface area (Å²) in [6.07, 6.45) is 9.35. The van der Waals surface area contributed by atoms with E-state index in [1.54, 1.807) is 11.8 Å². The minimum atomic E-state index is 0.00911. The Kier molecular flexibility index (Phi) is 6.03. The van der Waals surface area contributed by atoms with Gasteiger partial charge in [0.15, 0.2) is 0 Å². The summed E-state index contributed by atoms with van der Waals surface area (Å²) in [6.45, 7) is 2.70. The summed E-state index contributed by atoms with van der Waals surface area (Å²) < 4.78 is 2.12. The van der Waals surface area contributed by atoms with Crippen LogP contribution in [0.1, 0.15) is 29.4 Å². The van der Waals surface area contributed by atoms with E-state index in [2.05, 4.69) is 21.1 Å². The lowest BCUT2D eigenvalue weighted by Gasteiger charge is -2.25. The third kappa shape index (κ3) is 4.06. The van der Waals surface area contributed by atoms with Gasteiger partial charge in [-0.1, -0.05) is 5.92 Å². The molecule has 2 heterocycles. The van der Waals surface area contributed by atoms with Crippen LogP contribution in [0.2, 0.25) is 0 Å². The van der Waals surface area contributed by atoms with Crippen LogP contribution in [0.5, 0.6) is 0 Å². The minimum Gasteiger partial charge on any atom is -0.350 e. The number of hydrogen-bond donors (Lipinski definition) is 2. The monoisotopic (exact) mass is 291 g/mol. The van der Waals surface area contributed by atoms with Crippen LogP contribution >= 0.6 is 11.8 Å². The zero-order valence-electron chi connectivity index (χ0n) is 11.6. The Morgan fingerprint density at radius 2 is 2.35 bits per heavy atom. The predicted octanol–water partition coefficient (Wildman–Crippen LogP) is 1.51. The van der Waals surface area contributed by atoms with Gasteiger partial charge in [0.25, 0.3) is 5.91 Å². The number of thioether (sulfide) groups is 1. The molecule has 20 heavy (non-hydrogen) atoms. The molecule has 0 radical (unpaired) electrons. The number of carbonyl (C=O) groups is 1. The second-order valence-corrected chi connectivity index (χ2v) is 5.90. The van der Waals surface area contributed by atoms with Crippen molar-refractivity contribution in [3.63, 3.8) is 0 Å². The van der Waals surface area contributed by atoms with Crippen LogP contribution in [0.15, 0.2) is 18.3 Å². The number of terminal acetylenes is 1. The molecule has 0 aromatic carbocycles. The Morgan fingerprint density at radius 3 is 3.10 bits per heavy atom. The zero-order chi connectivity index (χ0) is 14.2. The van der Waals surface area contributed by atoms with Crippen LogP contribution in [0.3, 0.4) is 0 Å². The Morgan fingerprint density at radius 1 is 1.55 bits per heavy atom. The standard InChI is InChI=1S/C15H21N3OS/c1-2-11-20-12-9-17-15(19)14-4-3-10-18(14)13-5-7-16-8-6-13/h1,3-4,10,13,16H,5-9,11-12H2,(H,17,19). The second kappa shape index (κ2) is 8.03. The second-order valence-electron chi connectivity index (χ2n) is 4.79. The first kappa shape index (κ1) is 15.0. The van der Waals surface area contributed by atoms with E-state index in [1.807, 2.05) is 18.3 Å². The van der Waals surface area contributed by atoms with Crippen molar-refractivity contribution in [1.82, 2.24) is 15.2 Å². The number of aromatic nitrogens is 1. The summed E-state index contributed by atoms with van der Waals surface area (Å²) in [5.41, 5.74) is 0.763. The topological polar surface area (TPSA) is 46.1 Å². The molecule has 5 heteroatoms. The molecule has 0 unspecified atom stereocenters. The van der Waals surface area contributed by atoms with Crippen molar-refractivity contribution in [3.8, 4) is 12.3 Å². The number of nitrogens with one attached hydrogen (secondary N) is 2. The molecule has 4 nitrogen and oxygen atoms in total. The quantitative estimate of drug-likeness (QED) is 0.617. The average molecular weight is 291 g/mol. The maximum Gasteiger partial charge on any atom is 0.267 e. The molecule has 0 aliphatic carbocycles. The fraction of sp³-hybridized carbons (Fsp3) is 0.533. The van der Waals surface area contributed by atoms with Gasteiger partial charge in [0.05, 0.1) is 5.75 Å². The average Bonchev–Trinajstić information content (AvgIpc) is 2.97. The van der Waals surface area contributed by atoms with E-state index in [-0.39, 0.29) is 5.91 Å². The molecule has 0 spiro atoms. The molecule has 1 aliphatic heterocycles. The number of nitrogens with zero attached hydrogens (tertiary/aromatic N) is 1. The first-order valence-corrected chi connectivity index (χ1v) is 8.15. The van der Waals surface area contributed by atoms with Crippen molar-refractivity contribution >= 4 is 17.7 Å². The van der Waals surface area contributed by atoms with Crippen molar-refractivity contribution in [2.45, 2.75) is 18.9 Å². The number of carbonyl (C=O) groups excluding carboxylic acids is 1. The highest BCUT2D eigenvalue weighted by Gasteiger charge is 2.19. The van der Waals surface area contributed by atoms with E-state index < -0.39 is 0 Å². The van der Waals surface area contributed by atoms with Gasteiger partial charge in [-0.2, -0.15) is 0 Å². The lowest BCUT2D eigenvalue weighted by molar-refractivity contribution is 0.0943. The molecule has 1 aromatic heterocycles. The summed E-state index contributed by atoms with van der Waals surface area (Å²) >= 11 is 1.66. The van der Waals surface area contributed by atoms with Crippen LogP contribution in [-0.2, 0) is 0 Å². The SMILES string of the molecule is C#CCSCCNC(=O)c1cccn1C1CCNCC1. The van der Waals surface area contributed by atoms with Gasteiger partial charge in [0.2, 0.25) is 0 Å². The highest BCUT2D eigenvalue weighted by molar-refractivity contribution is 7.99. The van der Waals surface area contributed by atoms with Gasteiger partial charge >= 0.3 is 0 Å². The maximum atomic E-state index is 12.2. The van der Waals surface area contributed by atoms with E-state index in [9.17, 15) is 4.79 Å². The Bertz CT molecular complexity index is 472. The number of rotatable bonds is 6. The van der Waals surface area contributed by atoms with Gasteiger partial charge in [-0.05, 0) is 38.1 Å². The van der Waals surface area contributed by atoms with Gasteiger partial charge in [-0.3, -0.25) is 4.79 Å². The van der Waals surface area contributed by atoms with E-state index in [0.717, 1.165) is 37.4 Å². The van der Waals surface area contributed by atoms with Crippen molar-refractivity contribution in [2.24, 2.45) is 0 Å². The molecule has 1 aromatic rings. The molecule has 1 saturated heterocycles.